The van der Waals surface area contributed by atoms with Gasteiger partial charge in [0.15, 0.2) is 0 Å². The molecular formula is C13H22N2S. The summed E-state index contributed by atoms with van der Waals surface area (Å²) in [7, 11) is 0. The van der Waals surface area contributed by atoms with Crippen molar-refractivity contribution >= 4 is 11.3 Å². The molecule has 0 radical (unpaired) electrons. The van der Waals surface area contributed by atoms with E-state index in [0.29, 0.717) is 5.41 Å². The number of aryl methyl sites for hydroxylation is 1. The molecule has 16 heavy (non-hydrogen) atoms. The Morgan fingerprint density at radius 3 is 2.69 bits per heavy atom. The second kappa shape index (κ2) is 4.11. The van der Waals surface area contributed by atoms with Gasteiger partial charge in [-0.05, 0) is 45.1 Å². The molecule has 0 bridgehead atoms. The molecule has 2 rings (SSSR count). The van der Waals surface area contributed by atoms with Gasteiger partial charge in [0.25, 0.3) is 0 Å². The van der Waals surface area contributed by atoms with Crippen molar-refractivity contribution in [2.45, 2.75) is 52.5 Å². The molecule has 2 nitrogen and oxygen atoms in total. The third kappa shape index (κ3) is 1.91. The average molecular weight is 238 g/mol. The van der Waals surface area contributed by atoms with Gasteiger partial charge in [-0.2, -0.15) is 0 Å². The number of hydrogen-bond acceptors (Lipinski definition) is 3. The summed E-state index contributed by atoms with van der Waals surface area (Å²) in [5, 5.41) is 7.15. The van der Waals surface area contributed by atoms with Crippen molar-refractivity contribution in [3.63, 3.8) is 0 Å². The zero-order valence-electron chi connectivity index (χ0n) is 10.8. The number of rotatable bonds is 5. The molecule has 1 N–H and O–H groups in total. The van der Waals surface area contributed by atoms with Crippen LogP contribution in [0.1, 0.15) is 50.7 Å². The topological polar surface area (TPSA) is 24.9 Å². The van der Waals surface area contributed by atoms with Gasteiger partial charge in [-0.3, -0.25) is 0 Å². The van der Waals surface area contributed by atoms with Crippen LogP contribution in [0, 0.1) is 12.3 Å². The van der Waals surface area contributed by atoms with E-state index in [1.807, 2.05) is 0 Å². The molecule has 0 aliphatic heterocycles. The third-order valence-corrected chi connectivity index (χ3v) is 5.16. The molecule has 1 fully saturated rings. The smallest absolute Gasteiger partial charge is 0.113 e. The lowest BCUT2D eigenvalue weighted by atomic mass is 9.84. The lowest BCUT2D eigenvalue weighted by molar-refractivity contribution is 0.226. The fraction of sp³-hybridized carbons (Fsp3) is 0.769. The minimum atomic E-state index is 0.0714. The van der Waals surface area contributed by atoms with E-state index in [1.54, 1.807) is 11.3 Å². The fourth-order valence-corrected chi connectivity index (χ4v) is 3.28. The first kappa shape index (κ1) is 12.1. The first-order valence-corrected chi connectivity index (χ1v) is 7.07. The molecule has 1 aliphatic rings. The second-order valence-electron chi connectivity index (χ2n) is 5.41. The van der Waals surface area contributed by atoms with Crippen LogP contribution in [0.3, 0.4) is 0 Å². The number of thiazole rings is 1. The number of nitrogens with one attached hydrogen (secondary N) is 1. The van der Waals surface area contributed by atoms with Crippen molar-refractivity contribution in [1.29, 1.82) is 0 Å². The molecule has 1 atom stereocenters. The summed E-state index contributed by atoms with van der Waals surface area (Å²) in [6.07, 6.45) is 3.81. The maximum Gasteiger partial charge on any atom is 0.113 e. The molecule has 1 heterocycles. The van der Waals surface area contributed by atoms with Crippen molar-refractivity contribution in [1.82, 2.24) is 10.3 Å². The summed E-state index contributed by atoms with van der Waals surface area (Å²) in [5.41, 5.74) is 1.63. The molecule has 1 aromatic rings. The normalized spacial score (nSPS) is 21.8. The summed E-state index contributed by atoms with van der Waals surface area (Å²) in [6, 6.07) is 0. The van der Waals surface area contributed by atoms with Crippen LogP contribution in [-0.4, -0.2) is 11.5 Å². The maximum atomic E-state index is 4.70. The van der Waals surface area contributed by atoms with Gasteiger partial charge in [-0.15, -0.1) is 11.3 Å². The van der Waals surface area contributed by atoms with E-state index in [-0.39, 0.29) is 5.54 Å². The summed E-state index contributed by atoms with van der Waals surface area (Å²) in [4.78, 5) is 4.70. The minimum absolute atomic E-state index is 0.0714. The van der Waals surface area contributed by atoms with Crippen LogP contribution < -0.4 is 5.32 Å². The highest BCUT2D eigenvalue weighted by atomic mass is 32.1. The fourth-order valence-electron chi connectivity index (χ4n) is 2.19. The predicted octanol–water partition coefficient (Wildman–Crippen LogP) is 3.47. The van der Waals surface area contributed by atoms with Gasteiger partial charge >= 0.3 is 0 Å². The van der Waals surface area contributed by atoms with E-state index in [9.17, 15) is 0 Å². The Hall–Kier alpha value is -0.410. The predicted molar refractivity (Wildman–Crippen MR) is 69.8 cm³/mol. The summed E-state index contributed by atoms with van der Waals surface area (Å²) >= 11 is 1.80. The van der Waals surface area contributed by atoms with Crippen LogP contribution in [0.25, 0.3) is 0 Å². The van der Waals surface area contributed by atoms with E-state index in [4.69, 9.17) is 4.98 Å². The van der Waals surface area contributed by atoms with Crippen LogP contribution >= 0.6 is 11.3 Å². The van der Waals surface area contributed by atoms with Gasteiger partial charge in [0, 0.05) is 11.1 Å². The van der Waals surface area contributed by atoms with E-state index in [1.165, 1.54) is 24.3 Å². The lowest BCUT2D eigenvalue weighted by Gasteiger charge is -2.35. The van der Waals surface area contributed by atoms with Crippen LogP contribution in [-0.2, 0) is 5.54 Å². The second-order valence-corrected chi connectivity index (χ2v) is 6.26. The zero-order chi connectivity index (χ0) is 11.8. The molecule has 1 aliphatic carbocycles. The first-order chi connectivity index (χ1) is 7.52. The van der Waals surface area contributed by atoms with Gasteiger partial charge < -0.3 is 5.32 Å². The van der Waals surface area contributed by atoms with Crippen molar-refractivity contribution in [2.24, 2.45) is 5.41 Å². The van der Waals surface area contributed by atoms with Gasteiger partial charge in [0.05, 0.1) is 5.54 Å². The van der Waals surface area contributed by atoms with Crippen molar-refractivity contribution in [3.8, 4) is 0 Å². The lowest BCUT2D eigenvalue weighted by Crippen LogP contribution is -2.46. The highest BCUT2D eigenvalue weighted by molar-refractivity contribution is 7.09. The van der Waals surface area contributed by atoms with Gasteiger partial charge in [0.2, 0.25) is 0 Å². The van der Waals surface area contributed by atoms with Crippen molar-refractivity contribution in [3.05, 3.63) is 16.1 Å². The highest BCUT2D eigenvalue weighted by Crippen LogP contribution is 2.58. The van der Waals surface area contributed by atoms with Gasteiger partial charge in [-0.25, -0.2) is 4.98 Å². The molecule has 0 aromatic carbocycles. The molecule has 1 saturated carbocycles. The van der Waals surface area contributed by atoms with Gasteiger partial charge in [0.1, 0.15) is 5.01 Å². The molecule has 1 unspecified atom stereocenters. The van der Waals surface area contributed by atoms with Crippen LogP contribution in [0.4, 0.5) is 0 Å². The summed E-state index contributed by atoms with van der Waals surface area (Å²) in [5.74, 6) is 0. The average Bonchev–Trinajstić information content (AvgIpc) is 2.86. The Balaban J connectivity index is 2.27. The standard InChI is InChI=1S/C13H22N2S/c1-5-8-14-13(4,12(3)6-7-12)11-15-10(2)9-16-11/h9,14H,5-8H2,1-4H3. The summed E-state index contributed by atoms with van der Waals surface area (Å²) in [6.45, 7) is 10.1. The molecule has 90 valence electrons. The largest absolute Gasteiger partial charge is 0.305 e. The van der Waals surface area contributed by atoms with Gasteiger partial charge in [-0.1, -0.05) is 13.8 Å². The zero-order valence-corrected chi connectivity index (χ0v) is 11.6. The van der Waals surface area contributed by atoms with Crippen molar-refractivity contribution in [2.75, 3.05) is 6.54 Å². The van der Waals surface area contributed by atoms with E-state index >= 15 is 0 Å². The maximum absolute atomic E-state index is 4.70. The van der Waals surface area contributed by atoms with E-state index in [0.717, 1.165) is 12.2 Å². The van der Waals surface area contributed by atoms with Crippen LogP contribution in [0.5, 0.6) is 0 Å². The molecule has 0 spiro atoms. The number of hydrogen-bond donors (Lipinski definition) is 1. The molecular weight excluding hydrogens is 216 g/mol. The number of aromatic nitrogens is 1. The van der Waals surface area contributed by atoms with E-state index < -0.39 is 0 Å². The molecule has 0 amide bonds. The Kier molecular flexibility index (Phi) is 3.10. The monoisotopic (exact) mass is 238 g/mol. The summed E-state index contributed by atoms with van der Waals surface area (Å²) < 4.78 is 0. The Labute approximate surface area is 102 Å². The Morgan fingerprint density at radius 2 is 2.25 bits per heavy atom. The molecule has 3 heteroatoms. The van der Waals surface area contributed by atoms with Crippen LogP contribution in [0.15, 0.2) is 5.38 Å². The quantitative estimate of drug-likeness (QED) is 0.849. The van der Waals surface area contributed by atoms with E-state index in [2.05, 4.69) is 38.4 Å². The number of nitrogens with zero attached hydrogens (tertiary/aromatic N) is 1. The minimum Gasteiger partial charge on any atom is -0.305 e. The SMILES string of the molecule is CCCNC(C)(c1nc(C)cs1)C1(C)CC1. The molecule has 1 aromatic heterocycles. The first-order valence-electron chi connectivity index (χ1n) is 6.19. The highest BCUT2D eigenvalue weighted by Gasteiger charge is 2.55. The molecule has 0 saturated heterocycles. The van der Waals surface area contributed by atoms with Crippen molar-refractivity contribution < 1.29 is 0 Å². The third-order valence-electron chi connectivity index (χ3n) is 3.98. The Morgan fingerprint density at radius 1 is 1.56 bits per heavy atom. The Bertz CT molecular complexity index is 368. The van der Waals surface area contributed by atoms with Crippen LogP contribution in [0.2, 0.25) is 0 Å².